The molecule has 3 aromatic rings. The number of para-hydroxylation sites is 1. The summed E-state index contributed by atoms with van der Waals surface area (Å²) in [5, 5.41) is 14.7. The summed E-state index contributed by atoms with van der Waals surface area (Å²) in [4.78, 5) is 38.7. The number of likely N-dealkylation sites (tertiary alicyclic amines) is 1. The van der Waals surface area contributed by atoms with E-state index in [9.17, 15) is 14.4 Å². The van der Waals surface area contributed by atoms with Crippen LogP contribution in [0.2, 0.25) is 0 Å². The highest BCUT2D eigenvalue weighted by Gasteiger charge is 2.35. The predicted molar refractivity (Wildman–Crippen MR) is 150 cm³/mol. The van der Waals surface area contributed by atoms with Crippen molar-refractivity contribution >= 4 is 29.3 Å². The molecule has 10 nitrogen and oxygen atoms in total. The van der Waals surface area contributed by atoms with Crippen LogP contribution in [0.15, 0.2) is 66.7 Å². The lowest BCUT2D eigenvalue weighted by atomic mass is 10.1. The van der Waals surface area contributed by atoms with Crippen molar-refractivity contribution in [1.29, 1.82) is 0 Å². The lowest BCUT2D eigenvalue weighted by molar-refractivity contribution is -0.132. The average Bonchev–Trinajstić information content (AvgIpc) is 3.38. The third-order valence-electron chi connectivity index (χ3n) is 6.84. The van der Waals surface area contributed by atoms with Crippen molar-refractivity contribution in [2.75, 3.05) is 38.0 Å². The molecular formula is C30H33N3O7. The Morgan fingerprint density at radius 1 is 0.975 bits per heavy atom. The Labute approximate surface area is 232 Å². The molecule has 3 N–H and O–H groups in total. The number of ether oxygens (including phenoxy) is 3. The maximum absolute atomic E-state index is 13.3. The summed E-state index contributed by atoms with van der Waals surface area (Å²) in [6.07, 6.45) is 0.643. The van der Waals surface area contributed by atoms with Crippen LogP contribution in [-0.4, -0.2) is 67.4 Å². The molecule has 4 rings (SSSR count). The minimum Gasteiger partial charge on any atom is -0.495 e. The normalized spacial score (nSPS) is 16.3. The molecule has 0 spiro atoms. The van der Waals surface area contributed by atoms with Gasteiger partial charge in [-0.1, -0.05) is 24.3 Å². The van der Waals surface area contributed by atoms with Crippen molar-refractivity contribution in [2.45, 2.75) is 31.9 Å². The number of benzene rings is 3. The summed E-state index contributed by atoms with van der Waals surface area (Å²) >= 11 is 0. The Bertz CT molecular complexity index is 1360. The van der Waals surface area contributed by atoms with Crippen molar-refractivity contribution < 1.29 is 33.7 Å². The predicted octanol–water partition coefficient (Wildman–Crippen LogP) is 4.58. The maximum Gasteiger partial charge on any atom is 0.335 e. The molecule has 1 heterocycles. The smallest absolute Gasteiger partial charge is 0.335 e. The van der Waals surface area contributed by atoms with E-state index >= 15 is 0 Å². The van der Waals surface area contributed by atoms with Crippen LogP contribution < -0.4 is 20.1 Å². The summed E-state index contributed by atoms with van der Waals surface area (Å²) < 4.78 is 16.9. The second-order valence-electron chi connectivity index (χ2n) is 9.54. The molecule has 0 radical (unpaired) electrons. The standard InChI is InChI=1S/C30H33N3O7/c1-19-6-4-5-7-25(19)31-30(37)32-26-13-8-20(14-27(26)39-3)15-28(34)33-17-24(38-2)16-22(33)18-40-23-11-9-21(10-12-23)29(35)36/h4-14,22,24H,15-18H2,1-3H3,(H,35,36)(H2,31,32,37)/t22-,24?/m0/s1. The third-order valence-corrected chi connectivity index (χ3v) is 6.84. The summed E-state index contributed by atoms with van der Waals surface area (Å²) in [5.41, 5.74) is 3.03. The Morgan fingerprint density at radius 2 is 1.70 bits per heavy atom. The summed E-state index contributed by atoms with van der Waals surface area (Å²) in [5.74, 6) is -0.133. The first-order chi connectivity index (χ1) is 19.3. The van der Waals surface area contributed by atoms with Gasteiger partial charge in [0.15, 0.2) is 0 Å². The van der Waals surface area contributed by atoms with Gasteiger partial charge in [0.1, 0.15) is 18.1 Å². The molecule has 0 saturated carbocycles. The zero-order valence-corrected chi connectivity index (χ0v) is 22.7. The van der Waals surface area contributed by atoms with E-state index in [-0.39, 0.29) is 36.6 Å². The SMILES string of the molecule is COc1cc(CC(=O)N2CC(OC)C[C@H]2COc2ccc(C(=O)O)cc2)ccc1NC(=O)Nc1ccccc1C. The molecule has 3 amide bonds. The van der Waals surface area contributed by atoms with Crippen LogP contribution in [0.3, 0.4) is 0 Å². The van der Waals surface area contributed by atoms with Crippen molar-refractivity contribution in [1.82, 2.24) is 4.90 Å². The number of methoxy groups -OCH3 is 2. The molecule has 3 aromatic carbocycles. The Hall–Kier alpha value is -4.57. The Balaban J connectivity index is 1.39. The van der Waals surface area contributed by atoms with Crippen molar-refractivity contribution in [3.63, 3.8) is 0 Å². The van der Waals surface area contributed by atoms with E-state index in [1.165, 1.54) is 19.2 Å². The van der Waals surface area contributed by atoms with E-state index in [0.29, 0.717) is 35.8 Å². The van der Waals surface area contributed by atoms with E-state index in [1.807, 2.05) is 31.2 Å². The van der Waals surface area contributed by atoms with Gasteiger partial charge in [0, 0.05) is 19.3 Å². The number of carbonyl (C=O) groups is 3. The zero-order valence-electron chi connectivity index (χ0n) is 22.7. The highest BCUT2D eigenvalue weighted by Crippen LogP contribution is 2.28. The van der Waals surface area contributed by atoms with Gasteiger partial charge in [0.05, 0.1) is 36.9 Å². The number of hydrogen-bond donors (Lipinski definition) is 3. The second-order valence-corrected chi connectivity index (χ2v) is 9.54. The largest absolute Gasteiger partial charge is 0.495 e. The molecule has 0 bridgehead atoms. The fourth-order valence-corrected chi connectivity index (χ4v) is 4.61. The molecule has 0 aliphatic carbocycles. The number of hydrogen-bond acceptors (Lipinski definition) is 6. The highest BCUT2D eigenvalue weighted by atomic mass is 16.5. The Morgan fingerprint density at radius 3 is 2.38 bits per heavy atom. The molecule has 1 aliphatic rings. The number of carboxylic acid groups (broad SMARTS) is 1. The number of carbonyl (C=O) groups excluding carboxylic acids is 2. The molecule has 210 valence electrons. The van der Waals surface area contributed by atoms with Crippen LogP contribution in [0.4, 0.5) is 16.2 Å². The average molecular weight is 548 g/mol. The fourth-order valence-electron chi connectivity index (χ4n) is 4.61. The molecule has 10 heteroatoms. The van der Waals surface area contributed by atoms with Gasteiger partial charge in [-0.3, -0.25) is 4.79 Å². The minimum atomic E-state index is -1.01. The molecule has 1 saturated heterocycles. The van der Waals surface area contributed by atoms with Gasteiger partial charge in [-0.2, -0.15) is 0 Å². The van der Waals surface area contributed by atoms with E-state index < -0.39 is 12.0 Å². The monoisotopic (exact) mass is 547 g/mol. The molecular weight excluding hydrogens is 514 g/mol. The summed E-state index contributed by atoms with van der Waals surface area (Å²) in [6.45, 7) is 2.60. The maximum atomic E-state index is 13.3. The van der Waals surface area contributed by atoms with Gasteiger partial charge in [0.25, 0.3) is 0 Å². The number of urea groups is 1. The van der Waals surface area contributed by atoms with Crippen LogP contribution >= 0.6 is 0 Å². The van der Waals surface area contributed by atoms with E-state index in [1.54, 1.807) is 42.3 Å². The first-order valence-corrected chi connectivity index (χ1v) is 12.9. The molecule has 1 aliphatic heterocycles. The lowest BCUT2D eigenvalue weighted by Crippen LogP contribution is -2.40. The summed E-state index contributed by atoms with van der Waals surface area (Å²) in [6, 6.07) is 18.2. The van der Waals surface area contributed by atoms with Crippen LogP contribution in [0.1, 0.15) is 27.9 Å². The van der Waals surface area contributed by atoms with Gasteiger partial charge >= 0.3 is 12.0 Å². The number of anilines is 2. The quantitative estimate of drug-likeness (QED) is 0.339. The van der Waals surface area contributed by atoms with Crippen molar-refractivity contribution in [3.05, 3.63) is 83.4 Å². The van der Waals surface area contributed by atoms with Gasteiger partial charge in [-0.25, -0.2) is 9.59 Å². The number of carboxylic acids is 1. The highest BCUT2D eigenvalue weighted by molar-refractivity contribution is 6.01. The first-order valence-electron chi connectivity index (χ1n) is 12.9. The Kier molecular flexibility index (Phi) is 9.23. The molecule has 0 aromatic heterocycles. The van der Waals surface area contributed by atoms with E-state index in [0.717, 1.165) is 11.1 Å². The van der Waals surface area contributed by atoms with Gasteiger partial charge in [-0.15, -0.1) is 0 Å². The zero-order chi connectivity index (χ0) is 28.6. The number of aryl methyl sites for hydroxylation is 1. The number of amides is 3. The molecule has 1 fully saturated rings. The van der Waals surface area contributed by atoms with Gasteiger partial charge in [0.2, 0.25) is 5.91 Å². The lowest BCUT2D eigenvalue weighted by Gasteiger charge is -2.25. The molecule has 2 atom stereocenters. The number of nitrogens with zero attached hydrogens (tertiary/aromatic N) is 1. The van der Waals surface area contributed by atoms with Crippen molar-refractivity contribution in [3.8, 4) is 11.5 Å². The van der Waals surface area contributed by atoms with Gasteiger partial charge < -0.3 is 34.9 Å². The minimum absolute atomic E-state index is 0.0885. The summed E-state index contributed by atoms with van der Waals surface area (Å²) in [7, 11) is 3.12. The topological polar surface area (TPSA) is 126 Å². The second kappa shape index (κ2) is 13.0. The number of rotatable bonds is 10. The van der Waals surface area contributed by atoms with Crippen LogP contribution in [-0.2, 0) is 16.0 Å². The number of aromatic carboxylic acids is 1. The van der Waals surface area contributed by atoms with Gasteiger partial charge in [-0.05, 0) is 66.9 Å². The first kappa shape index (κ1) is 28.4. The van der Waals surface area contributed by atoms with E-state index in [2.05, 4.69) is 10.6 Å². The van der Waals surface area contributed by atoms with Crippen molar-refractivity contribution in [2.24, 2.45) is 0 Å². The van der Waals surface area contributed by atoms with Crippen LogP contribution in [0.5, 0.6) is 11.5 Å². The van der Waals surface area contributed by atoms with E-state index in [4.69, 9.17) is 19.3 Å². The van der Waals surface area contributed by atoms with Crippen LogP contribution in [0.25, 0.3) is 0 Å². The third kappa shape index (κ3) is 7.09. The number of nitrogens with one attached hydrogen (secondary N) is 2. The molecule has 40 heavy (non-hydrogen) atoms. The fraction of sp³-hybridized carbons (Fsp3) is 0.300. The molecule has 1 unspecified atom stereocenters. The van der Waals surface area contributed by atoms with Crippen LogP contribution in [0, 0.1) is 6.92 Å².